The predicted molar refractivity (Wildman–Crippen MR) is 139 cm³/mol. The summed E-state index contributed by atoms with van der Waals surface area (Å²) in [5, 5.41) is 24.4. The molecular formula is C28H38F3NO5S. The summed E-state index contributed by atoms with van der Waals surface area (Å²) in [7, 11) is 0. The fraction of sp³-hybridized carbons (Fsp3) is 0.679. The molecule has 6 nitrogen and oxygen atoms in total. The summed E-state index contributed by atoms with van der Waals surface area (Å²) in [4.78, 5) is 30.5. The van der Waals surface area contributed by atoms with E-state index in [1.165, 1.54) is 25.2 Å². The van der Waals surface area contributed by atoms with Crippen molar-refractivity contribution in [3.63, 3.8) is 0 Å². The molecule has 0 spiro atoms. The van der Waals surface area contributed by atoms with Crippen LogP contribution in [0, 0.1) is 36.0 Å². The van der Waals surface area contributed by atoms with Crippen LogP contribution in [0.3, 0.4) is 0 Å². The fourth-order valence-electron chi connectivity index (χ4n) is 5.33. The van der Waals surface area contributed by atoms with Crippen molar-refractivity contribution in [3.8, 4) is 0 Å². The molecule has 2 N–H and O–H groups in total. The third kappa shape index (κ3) is 7.12. The molecule has 0 bridgehead atoms. The lowest BCUT2D eigenvalue weighted by Gasteiger charge is -2.34. The first-order valence-corrected chi connectivity index (χ1v) is 13.9. The standard InChI is InChI=1S/C28H38F3NO5S/c1-14(9-20-13-38-17(4)32-20)22-8-7-19(28(29,30)31)10-18-11-21(18)15(2)25(35)16(3)26(36)27(5,6)23(33)12-24(34)37-22/h7,9,13,15-16,18,21-23,25,33,35H,8,10-12H2,1-6H3/b14-9+,19-7+/t15-,16+,18+,21-,22-,23-,25-/m0/s1. The van der Waals surface area contributed by atoms with Gasteiger partial charge in [0.15, 0.2) is 0 Å². The maximum atomic E-state index is 14.0. The van der Waals surface area contributed by atoms with Crippen LogP contribution < -0.4 is 0 Å². The van der Waals surface area contributed by atoms with Gasteiger partial charge in [0.05, 0.1) is 34.7 Å². The zero-order valence-corrected chi connectivity index (χ0v) is 23.5. The summed E-state index contributed by atoms with van der Waals surface area (Å²) in [5.74, 6) is -2.91. The number of ketones is 1. The molecule has 1 aliphatic heterocycles. The van der Waals surface area contributed by atoms with Gasteiger partial charge < -0.3 is 14.9 Å². The minimum absolute atomic E-state index is 0.143. The molecule has 0 amide bonds. The fourth-order valence-corrected chi connectivity index (χ4v) is 5.90. The SMILES string of the molecule is C/C(=C\c1csc(C)n1)[C@@H]1C/C=C(/C(F)(F)F)C[C@@H]2C[C@H]2[C@H](C)[C@H](O)[C@@H](C)C(=O)C(C)(C)[C@@H](O)CC(=O)O1. The molecule has 0 radical (unpaired) electrons. The number of hydrogen-bond donors (Lipinski definition) is 2. The van der Waals surface area contributed by atoms with E-state index in [1.54, 1.807) is 32.2 Å². The highest BCUT2D eigenvalue weighted by Gasteiger charge is 2.49. The molecule has 3 rings (SSSR count). The summed E-state index contributed by atoms with van der Waals surface area (Å²) in [6.07, 6.45) is -5.66. The number of carbonyl (C=O) groups is 2. The molecule has 0 unspecified atom stereocenters. The number of alkyl halides is 3. The van der Waals surface area contributed by atoms with Crippen LogP contribution in [0.15, 0.2) is 22.6 Å². The lowest BCUT2D eigenvalue weighted by Crippen LogP contribution is -2.46. The Hall–Kier alpha value is -2.04. The van der Waals surface area contributed by atoms with Crippen molar-refractivity contribution in [2.75, 3.05) is 0 Å². The second-order valence-electron chi connectivity index (χ2n) is 11.4. The largest absolute Gasteiger partial charge is 0.457 e. The second-order valence-corrected chi connectivity index (χ2v) is 12.5. The number of allylic oxidation sites excluding steroid dienone is 1. The Morgan fingerprint density at radius 1 is 1.21 bits per heavy atom. The normalized spacial score (nSPS) is 35.2. The number of aliphatic hydroxyl groups excluding tert-OH is 2. The topological polar surface area (TPSA) is 96.7 Å². The quantitative estimate of drug-likeness (QED) is 0.360. The first-order valence-electron chi connectivity index (χ1n) is 13.0. The molecule has 2 heterocycles. The molecular weight excluding hydrogens is 519 g/mol. The van der Waals surface area contributed by atoms with E-state index in [2.05, 4.69) is 4.98 Å². The molecule has 1 saturated carbocycles. The lowest BCUT2D eigenvalue weighted by molar-refractivity contribution is -0.154. The first-order chi connectivity index (χ1) is 17.5. The van der Waals surface area contributed by atoms with Gasteiger partial charge in [-0.25, -0.2) is 4.98 Å². The number of carbonyl (C=O) groups excluding carboxylic acids is 2. The smallest absolute Gasteiger partial charge is 0.412 e. The van der Waals surface area contributed by atoms with Crippen molar-refractivity contribution in [1.29, 1.82) is 0 Å². The summed E-state index contributed by atoms with van der Waals surface area (Å²) in [6, 6.07) is 0. The summed E-state index contributed by atoms with van der Waals surface area (Å²) < 4.78 is 47.5. The van der Waals surface area contributed by atoms with E-state index in [9.17, 15) is 33.0 Å². The molecule has 10 heteroatoms. The van der Waals surface area contributed by atoms with Gasteiger partial charge in [-0.05, 0) is 56.1 Å². The van der Waals surface area contributed by atoms with Gasteiger partial charge in [-0.3, -0.25) is 9.59 Å². The highest BCUT2D eigenvalue weighted by atomic mass is 32.1. The lowest BCUT2D eigenvalue weighted by atomic mass is 9.72. The zero-order chi connectivity index (χ0) is 28.6. The average molecular weight is 558 g/mol. The minimum atomic E-state index is -4.55. The van der Waals surface area contributed by atoms with Crippen molar-refractivity contribution in [1.82, 2.24) is 4.98 Å². The molecule has 2 aliphatic rings. The Morgan fingerprint density at radius 2 is 1.87 bits per heavy atom. The van der Waals surface area contributed by atoms with Gasteiger partial charge in [0.25, 0.3) is 0 Å². The number of ether oxygens (including phenoxy) is 1. The van der Waals surface area contributed by atoms with Gasteiger partial charge in [0.2, 0.25) is 0 Å². The first kappa shape index (κ1) is 30.5. The number of aryl methyl sites for hydroxylation is 1. The average Bonchev–Trinajstić information content (AvgIpc) is 3.48. The summed E-state index contributed by atoms with van der Waals surface area (Å²) in [6.45, 7) is 9.86. The van der Waals surface area contributed by atoms with Gasteiger partial charge >= 0.3 is 12.1 Å². The molecule has 0 saturated heterocycles. The number of fused-ring (bicyclic) bond motifs is 1. The van der Waals surface area contributed by atoms with E-state index in [4.69, 9.17) is 4.74 Å². The van der Waals surface area contributed by atoms with Crippen LogP contribution in [0.1, 0.15) is 71.0 Å². The molecule has 1 aromatic rings. The molecule has 212 valence electrons. The number of thiazole rings is 1. The Kier molecular flexibility index (Phi) is 9.31. The van der Waals surface area contributed by atoms with Crippen molar-refractivity contribution in [3.05, 3.63) is 33.3 Å². The van der Waals surface area contributed by atoms with Crippen LogP contribution in [0.2, 0.25) is 0 Å². The third-order valence-corrected chi connectivity index (χ3v) is 8.96. The van der Waals surface area contributed by atoms with Gasteiger partial charge in [-0.15, -0.1) is 11.3 Å². The highest BCUT2D eigenvalue weighted by molar-refractivity contribution is 7.09. The number of rotatable bonds is 2. The number of esters is 1. The summed E-state index contributed by atoms with van der Waals surface area (Å²) >= 11 is 1.42. The number of aliphatic hydroxyl groups is 2. The van der Waals surface area contributed by atoms with E-state index < -0.39 is 65.5 Å². The van der Waals surface area contributed by atoms with E-state index in [0.717, 1.165) is 11.1 Å². The summed E-state index contributed by atoms with van der Waals surface area (Å²) in [5.41, 5.74) is -0.909. The minimum Gasteiger partial charge on any atom is -0.457 e. The Labute approximate surface area is 226 Å². The van der Waals surface area contributed by atoms with Crippen molar-refractivity contribution < 1.29 is 37.7 Å². The second kappa shape index (κ2) is 11.6. The van der Waals surface area contributed by atoms with Crippen LogP contribution >= 0.6 is 11.3 Å². The molecule has 7 atom stereocenters. The van der Waals surface area contributed by atoms with E-state index in [1.807, 2.05) is 6.92 Å². The zero-order valence-electron chi connectivity index (χ0n) is 22.7. The van der Waals surface area contributed by atoms with Crippen molar-refractivity contribution in [2.45, 2.75) is 91.7 Å². The van der Waals surface area contributed by atoms with E-state index in [-0.39, 0.29) is 24.7 Å². The van der Waals surface area contributed by atoms with Crippen LogP contribution in [0.4, 0.5) is 13.2 Å². The van der Waals surface area contributed by atoms with Crippen LogP contribution in [0.5, 0.6) is 0 Å². The number of halogens is 3. The monoisotopic (exact) mass is 557 g/mol. The van der Waals surface area contributed by atoms with Gasteiger partial charge in [-0.1, -0.05) is 33.8 Å². The molecule has 1 aliphatic carbocycles. The van der Waals surface area contributed by atoms with Crippen LogP contribution in [-0.2, 0) is 14.3 Å². The Bertz CT molecular complexity index is 1090. The van der Waals surface area contributed by atoms with Gasteiger partial charge in [0.1, 0.15) is 11.9 Å². The number of aromatic nitrogens is 1. The van der Waals surface area contributed by atoms with E-state index >= 15 is 0 Å². The molecule has 1 aromatic heterocycles. The highest BCUT2D eigenvalue weighted by Crippen LogP contribution is 2.51. The van der Waals surface area contributed by atoms with Gasteiger partial charge in [-0.2, -0.15) is 13.2 Å². The third-order valence-electron chi connectivity index (χ3n) is 8.16. The number of hydrogen-bond acceptors (Lipinski definition) is 7. The maximum Gasteiger partial charge on any atom is 0.412 e. The number of Topliss-reactive ketones (excluding diaryl/α,β-unsaturated/α-hetero) is 1. The van der Waals surface area contributed by atoms with Crippen molar-refractivity contribution in [2.24, 2.45) is 29.1 Å². The molecule has 0 aromatic carbocycles. The molecule has 38 heavy (non-hydrogen) atoms. The maximum absolute atomic E-state index is 14.0. The Balaban J connectivity index is 1.98. The van der Waals surface area contributed by atoms with Crippen LogP contribution in [-0.4, -0.2) is 51.4 Å². The van der Waals surface area contributed by atoms with E-state index in [0.29, 0.717) is 17.7 Å². The molecule has 1 fully saturated rings. The number of cyclic esters (lactones) is 1. The van der Waals surface area contributed by atoms with Gasteiger partial charge in [0, 0.05) is 23.3 Å². The van der Waals surface area contributed by atoms with Crippen LogP contribution in [0.25, 0.3) is 6.08 Å². The van der Waals surface area contributed by atoms with Crippen molar-refractivity contribution >= 4 is 29.2 Å². The Morgan fingerprint density at radius 3 is 2.45 bits per heavy atom. The number of nitrogens with zero attached hydrogens (tertiary/aromatic N) is 1. The predicted octanol–water partition coefficient (Wildman–Crippen LogP) is 5.66.